The lowest BCUT2D eigenvalue weighted by Gasteiger charge is -2.35. The van der Waals surface area contributed by atoms with Crippen molar-refractivity contribution in [1.82, 2.24) is 0 Å². The number of phosphoric acid groups is 1. The van der Waals surface area contributed by atoms with Gasteiger partial charge in [0.15, 0.2) is 0 Å². The van der Waals surface area contributed by atoms with Crippen LogP contribution in [-0.4, -0.2) is 9.32 Å². The van der Waals surface area contributed by atoms with Crippen molar-refractivity contribution in [3.05, 3.63) is 104 Å². The number of hydrogen-bond donors (Lipinski definition) is 1. The minimum Gasteiger partial charge on any atom is -0.508 e. The predicted molar refractivity (Wildman–Crippen MR) is 246 cm³/mol. The molecule has 0 radical (unpaired) electrons. The topological polar surface area (TPSA) is 82.1 Å². The number of aryl methyl sites for hydroxylation is 2. The molecule has 1 aliphatic heterocycles. The lowest BCUT2D eigenvalue weighted by molar-refractivity contribution is 0.286. The monoisotopic (exact) mass is 842 g/mol. The summed E-state index contributed by atoms with van der Waals surface area (Å²) in [7, 11) is -6.13. The Balaban J connectivity index is 1.81. The molecule has 1 N–H and O–H groups in total. The fourth-order valence-electron chi connectivity index (χ4n) is 7.56. The second-order valence-corrected chi connectivity index (χ2v) is 25.8. The molecule has 0 fully saturated rings. The van der Waals surface area contributed by atoms with E-state index in [9.17, 15) is 9.32 Å². The van der Waals surface area contributed by atoms with E-state index in [1.807, 2.05) is 52.8 Å². The number of phosphoric ester groups is 1. The number of phenolic OH excluding ortho intramolecular Hbond substituents is 1. The molecule has 0 spiro atoms. The smallest absolute Gasteiger partial charge is 0.508 e. The number of rotatable bonds is 4. The van der Waals surface area contributed by atoms with Gasteiger partial charge in [0.1, 0.15) is 23.0 Å². The van der Waals surface area contributed by atoms with E-state index in [4.69, 9.17) is 13.6 Å². The summed E-state index contributed by atoms with van der Waals surface area (Å²) < 4.78 is 51.0. The van der Waals surface area contributed by atoms with Crippen molar-refractivity contribution in [1.29, 1.82) is 0 Å². The summed E-state index contributed by atoms with van der Waals surface area (Å²) >= 11 is 0. The summed E-state index contributed by atoms with van der Waals surface area (Å²) in [6.45, 7) is 42.2. The van der Waals surface area contributed by atoms with E-state index in [1.54, 1.807) is 6.07 Å². The minimum atomic E-state index is -4.53. The molecular weight excluding hydrogens is 772 g/mol. The standard InChI is InChI=1S/C51H71O6PS/c1-30-21-40(52)36(48(9,10)11)28-42(30)59(54)43-29-37(49(12,13)14)41(22-31(43)2)55-58(53)56-44-32(24-34(46(3,4)5)26-38(44)50(15,16)17)23-33-25-35(47(6,7)8)27-39(45(33)57-58)51(18,19)20/h21-22,24-29,52H,23H2,1-20H3. The van der Waals surface area contributed by atoms with E-state index in [0.717, 1.165) is 33.4 Å². The molecule has 1 heterocycles. The quantitative estimate of drug-likeness (QED) is 0.206. The highest BCUT2D eigenvalue weighted by atomic mass is 32.2. The van der Waals surface area contributed by atoms with Crippen molar-refractivity contribution >= 4 is 18.6 Å². The Bertz CT molecular complexity index is 2280. The summed E-state index contributed by atoms with van der Waals surface area (Å²) in [5.41, 5.74) is 6.96. The molecule has 0 saturated heterocycles. The second kappa shape index (κ2) is 15.1. The van der Waals surface area contributed by atoms with E-state index < -0.39 is 24.0 Å². The van der Waals surface area contributed by atoms with Gasteiger partial charge in [0, 0.05) is 38.5 Å². The SMILES string of the molecule is Cc1cc(O)c(C(C)(C)C)cc1S(=O)c1cc(C(C)(C)C)c(OP2(=O)Oc3c(cc(C(C)(C)C)cc3C(C)(C)C)Cc3cc(C(C)(C)C)cc(C(C)(C)C)c3O2)cc1C. The summed E-state index contributed by atoms with van der Waals surface area (Å²) in [5, 5.41) is 10.8. The molecular formula is C51H71O6PS. The van der Waals surface area contributed by atoms with E-state index in [-0.39, 0.29) is 32.8 Å². The first-order valence-electron chi connectivity index (χ1n) is 21.0. The summed E-state index contributed by atoms with van der Waals surface area (Å²) in [4.78, 5) is 1.24. The molecule has 5 rings (SSSR count). The van der Waals surface area contributed by atoms with Gasteiger partial charge in [-0.25, -0.2) is 4.21 Å². The first-order chi connectivity index (χ1) is 26.5. The molecule has 1 aliphatic rings. The molecule has 59 heavy (non-hydrogen) atoms. The molecule has 1 atom stereocenters. The number of benzene rings is 4. The van der Waals surface area contributed by atoms with Crippen LogP contribution < -0.4 is 13.6 Å². The van der Waals surface area contributed by atoms with Crippen LogP contribution in [0.5, 0.6) is 23.0 Å². The van der Waals surface area contributed by atoms with Crippen LogP contribution >= 0.6 is 7.82 Å². The van der Waals surface area contributed by atoms with Crippen LogP contribution in [0.4, 0.5) is 0 Å². The van der Waals surface area contributed by atoms with Crippen molar-refractivity contribution in [2.75, 3.05) is 0 Å². The zero-order valence-electron chi connectivity index (χ0n) is 39.7. The molecule has 322 valence electrons. The maximum absolute atomic E-state index is 15.9. The highest BCUT2D eigenvalue weighted by molar-refractivity contribution is 7.85. The van der Waals surface area contributed by atoms with Gasteiger partial charge in [-0.1, -0.05) is 149 Å². The Labute approximate surface area is 359 Å². The van der Waals surface area contributed by atoms with Crippen molar-refractivity contribution in [2.24, 2.45) is 0 Å². The van der Waals surface area contributed by atoms with Crippen molar-refractivity contribution in [3.8, 4) is 23.0 Å². The fraction of sp³-hybridized carbons (Fsp3) is 0.529. The molecule has 0 bridgehead atoms. The normalized spacial score (nSPS) is 15.6. The van der Waals surface area contributed by atoms with Gasteiger partial charge in [-0.3, -0.25) is 0 Å². The Hall–Kier alpha value is -3.54. The molecule has 8 heteroatoms. The zero-order valence-corrected chi connectivity index (χ0v) is 41.4. The maximum atomic E-state index is 15.9. The fourth-order valence-corrected chi connectivity index (χ4v) is 10.3. The Morgan fingerprint density at radius 3 is 1.27 bits per heavy atom. The predicted octanol–water partition coefficient (Wildman–Crippen LogP) is 14.5. The van der Waals surface area contributed by atoms with Gasteiger partial charge < -0.3 is 18.7 Å². The van der Waals surface area contributed by atoms with Gasteiger partial charge in [0.05, 0.1) is 10.8 Å². The highest BCUT2D eigenvalue weighted by Gasteiger charge is 2.43. The van der Waals surface area contributed by atoms with Gasteiger partial charge in [-0.05, 0) is 104 Å². The number of phenols is 1. The molecule has 0 amide bonds. The molecule has 0 aliphatic carbocycles. The average Bonchev–Trinajstić information content (AvgIpc) is 3.01. The van der Waals surface area contributed by atoms with Crippen LogP contribution in [-0.2, 0) is 54.3 Å². The van der Waals surface area contributed by atoms with E-state index in [2.05, 4.69) is 128 Å². The van der Waals surface area contributed by atoms with Crippen LogP contribution in [0.15, 0.2) is 58.3 Å². The minimum absolute atomic E-state index is 0.158. The molecule has 6 nitrogen and oxygen atoms in total. The van der Waals surface area contributed by atoms with Crippen LogP contribution in [0.25, 0.3) is 0 Å². The van der Waals surface area contributed by atoms with Crippen LogP contribution in [0, 0.1) is 13.8 Å². The summed E-state index contributed by atoms with van der Waals surface area (Å²) in [5.74, 6) is 1.56. The molecule has 4 aromatic carbocycles. The number of aromatic hydroxyl groups is 1. The van der Waals surface area contributed by atoms with Gasteiger partial charge in [0.25, 0.3) is 0 Å². The van der Waals surface area contributed by atoms with E-state index in [0.29, 0.717) is 44.6 Å². The van der Waals surface area contributed by atoms with Crippen LogP contribution in [0.3, 0.4) is 0 Å². The van der Waals surface area contributed by atoms with Crippen LogP contribution in [0.1, 0.15) is 180 Å². The van der Waals surface area contributed by atoms with Crippen molar-refractivity contribution in [2.45, 2.75) is 187 Å². The third-order valence-electron chi connectivity index (χ3n) is 11.3. The average molecular weight is 843 g/mol. The Morgan fingerprint density at radius 2 is 0.898 bits per heavy atom. The van der Waals surface area contributed by atoms with E-state index >= 15 is 4.57 Å². The summed E-state index contributed by atoms with van der Waals surface area (Å²) in [6, 6.07) is 16.1. The number of hydrogen-bond acceptors (Lipinski definition) is 6. The second-order valence-electron chi connectivity index (χ2n) is 22.9. The largest absolute Gasteiger partial charge is 0.647 e. The Morgan fingerprint density at radius 1 is 0.525 bits per heavy atom. The van der Waals surface area contributed by atoms with Gasteiger partial charge in [0.2, 0.25) is 0 Å². The zero-order chi connectivity index (χ0) is 44.8. The lowest BCUT2D eigenvalue weighted by atomic mass is 9.76. The van der Waals surface area contributed by atoms with Gasteiger partial charge >= 0.3 is 7.82 Å². The summed E-state index contributed by atoms with van der Waals surface area (Å²) in [6.07, 6.45) is 0.519. The van der Waals surface area contributed by atoms with Crippen LogP contribution in [0.2, 0.25) is 0 Å². The first kappa shape index (κ1) is 46.5. The number of fused-ring (bicyclic) bond motifs is 2. The lowest BCUT2D eigenvalue weighted by Crippen LogP contribution is -2.24. The van der Waals surface area contributed by atoms with Gasteiger partial charge in [-0.15, -0.1) is 0 Å². The third-order valence-corrected chi connectivity index (χ3v) is 14.2. The van der Waals surface area contributed by atoms with Crippen molar-refractivity contribution in [3.63, 3.8) is 0 Å². The molecule has 1 unspecified atom stereocenters. The Kier molecular flexibility index (Phi) is 11.9. The van der Waals surface area contributed by atoms with Gasteiger partial charge in [-0.2, -0.15) is 4.57 Å². The molecule has 0 saturated carbocycles. The van der Waals surface area contributed by atoms with Crippen molar-refractivity contribution < 1.29 is 27.5 Å². The molecule has 0 aromatic heterocycles. The third kappa shape index (κ3) is 9.83. The first-order valence-corrected chi connectivity index (χ1v) is 23.6. The van der Waals surface area contributed by atoms with E-state index in [1.165, 1.54) is 11.1 Å². The molecule has 4 aromatic rings. The maximum Gasteiger partial charge on any atom is 0.647 e. The highest BCUT2D eigenvalue weighted by Crippen LogP contribution is 2.58.